The highest BCUT2D eigenvalue weighted by Crippen LogP contribution is 2.42. The van der Waals surface area contributed by atoms with Gasteiger partial charge in [-0.25, -0.2) is 8.78 Å². The Labute approximate surface area is 175 Å². The predicted octanol–water partition coefficient (Wildman–Crippen LogP) is 5.95. The van der Waals surface area contributed by atoms with Crippen molar-refractivity contribution in [2.24, 2.45) is 5.92 Å². The second-order valence-corrected chi connectivity index (χ2v) is 8.02. The minimum Gasteiger partial charge on any atom is -0.343 e. The molecular weight excluding hydrogens is 382 g/mol. The monoisotopic (exact) mass is 408 g/mol. The zero-order chi connectivity index (χ0) is 21.3. The average molecular weight is 408 g/mol. The number of amides is 1. The van der Waals surface area contributed by atoms with Crippen molar-refractivity contribution in [2.45, 2.75) is 39.0 Å². The van der Waals surface area contributed by atoms with Crippen LogP contribution in [0.25, 0.3) is 22.0 Å². The zero-order valence-corrected chi connectivity index (χ0v) is 17.4. The van der Waals surface area contributed by atoms with Crippen LogP contribution >= 0.6 is 0 Å². The second-order valence-electron chi connectivity index (χ2n) is 8.02. The molecule has 156 valence electrons. The maximum atomic E-state index is 15.2. The number of aromatic nitrogens is 1. The van der Waals surface area contributed by atoms with Gasteiger partial charge in [0.1, 0.15) is 0 Å². The van der Waals surface area contributed by atoms with Gasteiger partial charge in [-0.3, -0.25) is 9.78 Å². The van der Waals surface area contributed by atoms with E-state index in [0.29, 0.717) is 32.4 Å². The van der Waals surface area contributed by atoms with Crippen molar-refractivity contribution >= 4 is 16.8 Å². The Morgan fingerprint density at radius 3 is 2.43 bits per heavy atom. The maximum Gasteiger partial charge on any atom is 0.276 e. The number of alkyl halides is 2. The lowest BCUT2D eigenvalue weighted by molar-refractivity contribution is -0.136. The number of piperidine rings is 1. The van der Waals surface area contributed by atoms with Crippen molar-refractivity contribution in [1.82, 2.24) is 9.88 Å². The van der Waals surface area contributed by atoms with Crippen LogP contribution in [0.1, 0.15) is 37.3 Å². The Kier molecular flexibility index (Phi) is 5.54. The first-order valence-electron chi connectivity index (χ1n) is 10.5. The number of fused-ring (bicyclic) bond motifs is 1. The number of hydrogen-bond acceptors (Lipinski definition) is 2. The standard InChI is InChI=1S/C25H26F2N2O/c1-3-24(30)29-14-12-20(13-15-29)25(26,27)19-10-8-18(9-11-19)22-16-28-23-7-5-4-6-21(23)17(22)2/h4-11,16,20H,3,12-15H2,1-2H3. The third kappa shape index (κ3) is 3.69. The molecule has 0 saturated carbocycles. The molecule has 5 heteroatoms. The molecular formula is C25H26F2N2O. The van der Waals surface area contributed by atoms with E-state index in [1.807, 2.05) is 37.4 Å². The number of pyridine rings is 1. The summed E-state index contributed by atoms with van der Waals surface area (Å²) in [4.78, 5) is 18.0. The van der Waals surface area contributed by atoms with Gasteiger partial charge in [0.15, 0.2) is 0 Å². The van der Waals surface area contributed by atoms with E-state index in [1.165, 1.54) is 12.1 Å². The first-order valence-corrected chi connectivity index (χ1v) is 10.5. The number of halogens is 2. The topological polar surface area (TPSA) is 33.2 Å². The summed E-state index contributed by atoms with van der Waals surface area (Å²) >= 11 is 0. The fourth-order valence-corrected chi connectivity index (χ4v) is 4.39. The molecule has 0 unspecified atom stereocenters. The van der Waals surface area contributed by atoms with Crippen LogP contribution in [-0.4, -0.2) is 28.9 Å². The Morgan fingerprint density at radius 1 is 1.10 bits per heavy atom. The molecule has 1 aromatic heterocycles. The summed E-state index contributed by atoms with van der Waals surface area (Å²) in [6.45, 7) is 4.66. The third-order valence-corrected chi connectivity index (χ3v) is 6.29. The van der Waals surface area contributed by atoms with Gasteiger partial charge < -0.3 is 4.90 Å². The fourth-order valence-electron chi connectivity index (χ4n) is 4.39. The van der Waals surface area contributed by atoms with Gasteiger partial charge in [0.2, 0.25) is 5.91 Å². The molecule has 1 saturated heterocycles. The van der Waals surface area contributed by atoms with Gasteiger partial charge >= 0.3 is 0 Å². The summed E-state index contributed by atoms with van der Waals surface area (Å²) in [6, 6.07) is 14.5. The maximum absolute atomic E-state index is 15.2. The van der Waals surface area contributed by atoms with Crippen molar-refractivity contribution in [3.63, 3.8) is 0 Å². The summed E-state index contributed by atoms with van der Waals surface area (Å²) in [5.41, 5.74) is 3.89. The van der Waals surface area contributed by atoms with Gasteiger partial charge in [-0.05, 0) is 37.0 Å². The Morgan fingerprint density at radius 2 is 1.77 bits per heavy atom. The highest BCUT2D eigenvalue weighted by atomic mass is 19.3. The van der Waals surface area contributed by atoms with Crippen LogP contribution in [0.4, 0.5) is 8.78 Å². The molecule has 4 rings (SSSR count). The zero-order valence-electron chi connectivity index (χ0n) is 17.4. The van der Waals surface area contributed by atoms with Crippen LogP contribution in [0.5, 0.6) is 0 Å². The van der Waals surface area contributed by atoms with Gasteiger partial charge in [-0.1, -0.05) is 49.4 Å². The van der Waals surface area contributed by atoms with Crippen LogP contribution in [0, 0.1) is 12.8 Å². The van der Waals surface area contributed by atoms with Crippen molar-refractivity contribution < 1.29 is 13.6 Å². The lowest BCUT2D eigenvalue weighted by Gasteiger charge is -2.36. The molecule has 1 amide bonds. The van der Waals surface area contributed by atoms with E-state index in [0.717, 1.165) is 27.6 Å². The molecule has 2 aromatic carbocycles. The Hall–Kier alpha value is -2.82. The quantitative estimate of drug-likeness (QED) is 0.534. The molecule has 0 aliphatic carbocycles. The van der Waals surface area contributed by atoms with Gasteiger partial charge in [-0.2, -0.15) is 0 Å². The number of benzene rings is 2. The van der Waals surface area contributed by atoms with E-state index < -0.39 is 11.8 Å². The average Bonchev–Trinajstić information content (AvgIpc) is 2.79. The van der Waals surface area contributed by atoms with Crippen LogP contribution in [0.15, 0.2) is 54.7 Å². The molecule has 0 spiro atoms. The molecule has 1 aliphatic heterocycles. The van der Waals surface area contributed by atoms with Gasteiger partial charge in [-0.15, -0.1) is 0 Å². The van der Waals surface area contributed by atoms with Gasteiger partial charge in [0.25, 0.3) is 5.92 Å². The minimum atomic E-state index is -2.91. The van der Waals surface area contributed by atoms with E-state index in [4.69, 9.17) is 0 Å². The van der Waals surface area contributed by atoms with E-state index >= 15 is 8.78 Å². The number of para-hydroxylation sites is 1. The van der Waals surface area contributed by atoms with Crippen molar-refractivity contribution in [1.29, 1.82) is 0 Å². The Bertz CT molecular complexity index is 1050. The largest absolute Gasteiger partial charge is 0.343 e. The van der Waals surface area contributed by atoms with E-state index in [2.05, 4.69) is 4.98 Å². The first kappa shape index (κ1) is 20.5. The fraction of sp³-hybridized carbons (Fsp3) is 0.360. The van der Waals surface area contributed by atoms with Crippen molar-refractivity contribution in [3.8, 4) is 11.1 Å². The number of hydrogen-bond donors (Lipinski definition) is 0. The molecule has 30 heavy (non-hydrogen) atoms. The summed E-state index contributed by atoms with van der Waals surface area (Å²) < 4.78 is 30.3. The van der Waals surface area contributed by atoms with Gasteiger partial charge in [0, 0.05) is 48.1 Å². The number of aryl methyl sites for hydroxylation is 1. The number of carbonyl (C=O) groups is 1. The molecule has 0 atom stereocenters. The molecule has 3 nitrogen and oxygen atoms in total. The normalized spacial score (nSPS) is 15.5. The highest BCUT2D eigenvalue weighted by Gasteiger charge is 2.43. The number of rotatable bonds is 4. The van der Waals surface area contributed by atoms with Crippen LogP contribution in [0.2, 0.25) is 0 Å². The Balaban J connectivity index is 1.55. The SMILES string of the molecule is CCC(=O)N1CCC(C(F)(F)c2ccc(-c3cnc4ccccc4c3C)cc2)CC1. The molecule has 1 aliphatic rings. The van der Waals surface area contributed by atoms with E-state index in [-0.39, 0.29) is 11.5 Å². The summed E-state index contributed by atoms with van der Waals surface area (Å²) in [6.07, 6.45) is 2.89. The van der Waals surface area contributed by atoms with Crippen LogP contribution in [-0.2, 0) is 10.7 Å². The lowest BCUT2D eigenvalue weighted by atomic mass is 9.85. The van der Waals surface area contributed by atoms with E-state index in [9.17, 15) is 4.79 Å². The molecule has 1 fully saturated rings. The number of nitrogens with zero attached hydrogens (tertiary/aromatic N) is 2. The predicted molar refractivity (Wildman–Crippen MR) is 115 cm³/mol. The van der Waals surface area contributed by atoms with E-state index in [1.54, 1.807) is 24.0 Å². The van der Waals surface area contributed by atoms with Crippen molar-refractivity contribution in [3.05, 3.63) is 65.9 Å². The summed E-state index contributed by atoms with van der Waals surface area (Å²) in [7, 11) is 0. The third-order valence-electron chi connectivity index (χ3n) is 6.29. The molecule has 0 bridgehead atoms. The summed E-state index contributed by atoms with van der Waals surface area (Å²) in [5, 5.41) is 1.07. The molecule has 2 heterocycles. The van der Waals surface area contributed by atoms with Gasteiger partial charge in [0.05, 0.1) is 5.52 Å². The van der Waals surface area contributed by atoms with Crippen LogP contribution < -0.4 is 0 Å². The number of carbonyl (C=O) groups excluding carboxylic acids is 1. The van der Waals surface area contributed by atoms with Crippen molar-refractivity contribution in [2.75, 3.05) is 13.1 Å². The molecule has 0 radical (unpaired) electrons. The first-order chi connectivity index (χ1) is 14.4. The minimum absolute atomic E-state index is 0.0397. The van der Waals surface area contributed by atoms with Crippen LogP contribution in [0.3, 0.4) is 0 Å². The molecule has 0 N–H and O–H groups in total. The lowest BCUT2D eigenvalue weighted by Crippen LogP contribution is -2.42. The highest BCUT2D eigenvalue weighted by molar-refractivity contribution is 5.88. The molecule has 3 aromatic rings. The summed E-state index contributed by atoms with van der Waals surface area (Å²) in [5.74, 6) is -3.61. The second kappa shape index (κ2) is 8.13. The smallest absolute Gasteiger partial charge is 0.276 e. The number of likely N-dealkylation sites (tertiary alicyclic amines) is 1.